The molecule has 0 aromatic heterocycles. The fourth-order valence-corrected chi connectivity index (χ4v) is 1.38. The van der Waals surface area contributed by atoms with Crippen molar-refractivity contribution >= 4 is 5.97 Å². The average Bonchev–Trinajstić information content (AvgIpc) is 2.38. The van der Waals surface area contributed by atoms with Gasteiger partial charge in [0.05, 0.1) is 26.2 Å². The first-order chi connectivity index (χ1) is 8.17. The first-order valence-electron chi connectivity index (χ1n) is 5.65. The molecule has 0 spiro atoms. The quantitative estimate of drug-likeness (QED) is 0.771. The van der Waals surface area contributed by atoms with Crippen LogP contribution in [0.25, 0.3) is 0 Å². The summed E-state index contributed by atoms with van der Waals surface area (Å²) in [6, 6.07) is 7.21. The molecule has 0 heterocycles. The van der Waals surface area contributed by atoms with Crippen molar-refractivity contribution in [3.05, 3.63) is 29.8 Å². The third-order valence-corrected chi connectivity index (χ3v) is 2.45. The zero-order chi connectivity index (χ0) is 12.7. The number of aliphatic hydroxyl groups is 1. The third kappa shape index (κ3) is 4.44. The van der Waals surface area contributed by atoms with Crippen molar-refractivity contribution in [1.82, 2.24) is 0 Å². The van der Waals surface area contributed by atoms with E-state index in [1.54, 1.807) is 12.1 Å². The molecule has 0 aliphatic rings. The van der Waals surface area contributed by atoms with Gasteiger partial charge in [-0.2, -0.15) is 0 Å². The highest BCUT2D eigenvalue weighted by Gasteiger charge is 2.05. The summed E-state index contributed by atoms with van der Waals surface area (Å²) >= 11 is 0. The molecule has 4 nitrogen and oxygen atoms in total. The third-order valence-electron chi connectivity index (χ3n) is 2.45. The number of hydrogen-bond acceptors (Lipinski definition) is 4. The summed E-state index contributed by atoms with van der Waals surface area (Å²) in [6.45, 7) is 2.22. The lowest BCUT2D eigenvalue weighted by Crippen LogP contribution is -2.07. The first-order valence-corrected chi connectivity index (χ1v) is 5.65. The van der Waals surface area contributed by atoms with Crippen molar-refractivity contribution in [2.24, 2.45) is 0 Å². The normalized spacial score (nSPS) is 11.9. The molecule has 0 amide bonds. The highest BCUT2D eigenvalue weighted by atomic mass is 16.5. The molecule has 0 radical (unpaired) electrons. The molecule has 0 bridgehead atoms. The molecule has 4 heteroatoms. The maximum atomic E-state index is 10.8. The van der Waals surface area contributed by atoms with E-state index < -0.39 is 6.10 Å². The van der Waals surface area contributed by atoms with Crippen LogP contribution in [0.5, 0.6) is 5.75 Å². The van der Waals surface area contributed by atoms with Gasteiger partial charge in [-0.15, -0.1) is 0 Å². The van der Waals surface area contributed by atoms with Crippen LogP contribution in [-0.4, -0.2) is 24.8 Å². The summed E-state index contributed by atoms with van der Waals surface area (Å²) < 4.78 is 9.87. The molecule has 0 aliphatic carbocycles. The Hall–Kier alpha value is -1.55. The zero-order valence-electron chi connectivity index (χ0n) is 10.2. The number of ether oxygens (including phenoxy) is 2. The van der Waals surface area contributed by atoms with E-state index >= 15 is 0 Å². The van der Waals surface area contributed by atoms with Crippen molar-refractivity contribution in [2.45, 2.75) is 25.9 Å². The molecule has 94 valence electrons. The van der Waals surface area contributed by atoms with Crippen LogP contribution < -0.4 is 4.74 Å². The lowest BCUT2D eigenvalue weighted by Gasteiger charge is -2.09. The van der Waals surface area contributed by atoms with Crippen LogP contribution in [0.3, 0.4) is 0 Å². The van der Waals surface area contributed by atoms with Gasteiger partial charge < -0.3 is 14.6 Å². The van der Waals surface area contributed by atoms with Gasteiger partial charge in [0, 0.05) is 0 Å². The fraction of sp³-hybridized carbons (Fsp3) is 0.462. The Morgan fingerprint density at radius 2 is 2.00 bits per heavy atom. The first kappa shape index (κ1) is 13.5. The number of rotatable bonds is 6. The Balaban J connectivity index is 2.43. The number of methoxy groups -OCH3 is 1. The fourth-order valence-electron chi connectivity index (χ4n) is 1.38. The topological polar surface area (TPSA) is 55.8 Å². The monoisotopic (exact) mass is 238 g/mol. The molecule has 0 unspecified atom stereocenters. The minimum absolute atomic E-state index is 0.232. The van der Waals surface area contributed by atoms with Gasteiger partial charge in [-0.1, -0.05) is 19.1 Å². The van der Waals surface area contributed by atoms with E-state index in [9.17, 15) is 9.90 Å². The van der Waals surface area contributed by atoms with Gasteiger partial charge in [0.2, 0.25) is 0 Å². The van der Waals surface area contributed by atoms with Crippen LogP contribution >= 0.6 is 0 Å². The van der Waals surface area contributed by atoms with E-state index in [1.165, 1.54) is 7.11 Å². The van der Waals surface area contributed by atoms with Crippen LogP contribution in [0.4, 0.5) is 0 Å². The molecule has 1 atom stereocenters. The number of aliphatic hydroxyl groups excluding tert-OH is 1. The summed E-state index contributed by atoms with van der Waals surface area (Å²) in [4.78, 5) is 10.8. The molecule has 17 heavy (non-hydrogen) atoms. The number of esters is 1. The van der Waals surface area contributed by atoms with Crippen LogP contribution in [0.1, 0.15) is 31.4 Å². The Labute approximate surface area is 101 Å². The zero-order valence-corrected chi connectivity index (χ0v) is 10.2. The van der Waals surface area contributed by atoms with Gasteiger partial charge in [-0.05, 0) is 24.1 Å². The lowest BCUT2D eigenvalue weighted by molar-refractivity contribution is -0.141. The largest absolute Gasteiger partial charge is 0.493 e. The van der Waals surface area contributed by atoms with Crippen molar-refractivity contribution in [1.29, 1.82) is 0 Å². The number of hydrogen-bond donors (Lipinski definition) is 1. The molecule has 0 saturated carbocycles. The predicted octanol–water partition coefficient (Wildman–Crippen LogP) is 2.07. The highest BCUT2D eigenvalue weighted by molar-refractivity contribution is 5.69. The lowest BCUT2D eigenvalue weighted by atomic mass is 10.1. The Morgan fingerprint density at radius 1 is 1.35 bits per heavy atom. The summed E-state index contributed by atoms with van der Waals surface area (Å²) in [5, 5.41) is 9.60. The minimum Gasteiger partial charge on any atom is -0.493 e. The van der Waals surface area contributed by atoms with Gasteiger partial charge in [0.15, 0.2) is 0 Å². The van der Waals surface area contributed by atoms with Crippen molar-refractivity contribution < 1.29 is 19.4 Å². The van der Waals surface area contributed by atoms with Crippen molar-refractivity contribution in [3.63, 3.8) is 0 Å². The molecule has 0 fully saturated rings. The molecule has 1 rings (SSSR count). The summed E-state index contributed by atoms with van der Waals surface area (Å²) in [5.41, 5.74) is 0.868. The van der Waals surface area contributed by atoms with E-state index in [1.807, 2.05) is 19.1 Å². The number of carbonyl (C=O) groups is 1. The number of benzene rings is 1. The SMILES string of the molecule is CC[C@H](O)c1ccc(OCCC(=O)OC)cc1. The Morgan fingerprint density at radius 3 is 2.53 bits per heavy atom. The summed E-state index contributed by atoms with van der Waals surface area (Å²) in [7, 11) is 1.35. The minimum atomic E-state index is -0.431. The average molecular weight is 238 g/mol. The Bertz CT molecular complexity index is 345. The van der Waals surface area contributed by atoms with E-state index in [0.29, 0.717) is 18.8 Å². The van der Waals surface area contributed by atoms with Gasteiger partial charge in [-0.3, -0.25) is 4.79 Å². The molecule has 1 aromatic rings. The van der Waals surface area contributed by atoms with Crippen LogP contribution in [-0.2, 0) is 9.53 Å². The van der Waals surface area contributed by atoms with Crippen molar-refractivity contribution in [2.75, 3.05) is 13.7 Å². The second kappa shape index (κ2) is 6.91. The second-order valence-electron chi connectivity index (χ2n) is 3.67. The standard InChI is InChI=1S/C13H18O4/c1-3-12(14)10-4-6-11(7-5-10)17-9-8-13(15)16-2/h4-7,12,14H,3,8-9H2,1-2H3/t12-/m0/s1. The smallest absolute Gasteiger partial charge is 0.308 e. The van der Waals surface area contributed by atoms with Gasteiger partial charge >= 0.3 is 5.97 Å². The van der Waals surface area contributed by atoms with E-state index in [-0.39, 0.29) is 12.4 Å². The second-order valence-corrected chi connectivity index (χ2v) is 3.67. The molecule has 1 aromatic carbocycles. The summed E-state index contributed by atoms with van der Waals surface area (Å²) in [5.74, 6) is 0.393. The maximum Gasteiger partial charge on any atom is 0.308 e. The summed E-state index contributed by atoms with van der Waals surface area (Å²) in [6.07, 6.45) is 0.484. The van der Waals surface area contributed by atoms with Crippen molar-refractivity contribution in [3.8, 4) is 5.75 Å². The molecule has 0 aliphatic heterocycles. The molecule has 1 N–H and O–H groups in total. The van der Waals surface area contributed by atoms with Crippen LogP contribution in [0.2, 0.25) is 0 Å². The van der Waals surface area contributed by atoms with Crippen LogP contribution in [0, 0.1) is 0 Å². The Kier molecular flexibility index (Phi) is 5.49. The van der Waals surface area contributed by atoms with E-state index in [0.717, 1.165) is 5.56 Å². The van der Waals surface area contributed by atoms with Crippen LogP contribution in [0.15, 0.2) is 24.3 Å². The molecular weight excluding hydrogens is 220 g/mol. The maximum absolute atomic E-state index is 10.8. The highest BCUT2D eigenvalue weighted by Crippen LogP contribution is 2.19. The van der Waals surface area contributed by atoms with Gasteiger partial charge in [0.1, 0.15) is 5.75 Å². The molecule has 0 saturated heterocycles. The van der Waals surface area contributed by atoms with E-state index in [4.69, 9.17) is 4.74 Å². The van der Waals surface area contributed by atoms with E-state index in [2.05, 4.69) is 4.74 Å². The van der Waals surface area contributed by atoms with Gasteiger partial charge in [0.25, 0.3) is 0 Å². The van der Waals surface area contributed by atoms with Gasteiger partial charge in [-0.25, -0.2) is 0 Å². The molecular formula is C13H18O4. The predicted molar refractivity (Wildman–Crippen MR) is 63.8 cm³/mol. The number of carbonyl (C=O) groups excluding carboxylic acids is 1.